The first-order chi connectivity index (χ1) is 10.8. The molecule has 2 aliphatic rings. The minimum absolute atomic E-state index is 0.0933. The van der Waals surface area contributed by atoms with Gasteiger partial charge in [0.05, 0.1) is 25.0 Å². The van der Waals surface area contributed by atoms with Gasteiger partial charge < -0.3 is 9.47 Å². The van der Waals surface area contributed by atoms with Gasteiger partial charge in [-0.1, -0.05) is 0 Å². The summed E-state index contributed by atoms with van der Waals surface area (Å²) in [6, 6.07) is 4.51. The molecule has 22 heavy (non-hydrogen) atoms. The van der Waals surface area contributed by atoms with Crippen molar-refractivity contribution in [1.29, 1.82) is 0 Å². The molecule has 4 rings (SSSR count). The number of rotatable bonds is 3. The molecular formula is C16H19N3O2S. The van der Waals surface area contributed by atoms with Crippen LogP contribution in [-0.4, -0.2) is 47.7 Å². The summed E-state index contributed by atoms with van der Waals surface area (Å²) in [5, 5.41) is 3.11. The van der Waals surface area contributed by atoms with Gasteiger partial charge in [-0.2, -0.15) is 0 Å². The minimum atomic E-state index is 0.0933. The van der Waals surface area contributed by atoms with E-state index in [1.54, 1.807) is 24.6 Å². The van der Waals surface area contributed by atoms with Gasteiger partial charge in [-0.15, -0.1) is 11.3 Å². The van der Waals surface area contributed by atoms with Crippen molar-refractivity contribution in [3.63, 3.8) is 0 Å². The van der Waals surface area contributed by atoms with Crippen LogP contribution in [0.5, 0.6) is 5.88 Å². The van der Waals surface area contributed by atoms with E-state index >= 15 is 0 Å². The Hall–Kier alpha value is -1.50. The highest BCUT2D eigenvalue weighted by Gasteiger charge is 2.34. The van der Waals surface area contributed by atoms with E-state index < -0.39 is 0 Å². The van der Waals surface area contributed by atoms with Crippen LogP contribution in [0.2, 0.25) is 0 Å². The molecule has 0 aliphatic carbocycles. The van der Waals surface area contributed by atoms with Crippen LogP contribution in [0.1, 0.15) is 24.0 Å². The molecule has 116 valence electrons. The van der Waals surface area contributed by atoms with E-state index in [9.17, 15) is 0 Å². The molecule has 0 radical (unpaired) electrons. The summed E-state index contributed by atoms with van der Waals surface area (Å²) >= 11 is 1.66. The maximum absolute atomic E-state index is 6.04. The van der Waals surface area contributed by atoms with E-state index in [2.05, 4.69) is 15.3 Å². The Kier molecular flexibility index (Phi) is 3.82. The first kappa shape index (κ1) is 14.1. The first-order valence-corrected chi connectivity index (χ1v) is 8.53. The fraction of sp³-hybridized carbons (Fsp3) is 0.500. The van der Waals surface area contributed by atoms with Crippen molar-refractivity contribution in [3.8, 4) is 17.1 Å². The second-order valence-corrected chi connectivity index (χ2v) is 6.63. The molecule has 2 fully saturated rings. The maximum Gasteiger partial charge on any atom is 0.222 e. The molecule has 4 heterocycles. The summed E-state index contributed by atoms with van der Waals surface area (Å²) in [5.74, 6) is 0.614. The zero-order valence-corrected chi connectivity index (χ0v) is 13.4. The van der Waals surface area contributed by atoms with Crippen LogP contribution in [0.4, 0.5) is 0 Å². The van der Waals surface area contributed by atoms with E-state index in [1.807, 2.05) is 12.1 Å². The predicted octanol–water partition coefficient (Wildman–Crippen LogP) is 2.75. The smallest absolute Gasteiger partial charge is 0.222 e. The zero-order chi connectivity index (χ0) is 14.9. The fourth-order valence-electron chi connectivity index (χ4n) is 3.27. The van der Waals surface area contributed by atoms with E-state index in [0.29, 0.717) is 11.9 Å². The molecule has 0 spiro atoms. The van der Waals surface area contributed by atoms with Gasteiger partial charge in [0.1, 0.15) is 11.1 Å². The molecule has 2 saturated heterocycles. The summed E-state index contributed by atoms with van der Waals surface area (Å²) in [5.41, 5.74) is 1.85. The van der Waals surface area contributed by atoms with Gasteiger partial charge in [-0.25, -0.2) is 9.97 Å². The standard InChI is InChI=1S/C16H19N3O2S/c1-20-15-12(5-2-6-17-15)13-10-22-16(18-13)14-8-19-7-3-4-11(19)9-21-14/h2,5-6,10-11,14H,3-4,7-9H2,1H3/t11-,14-/m1/s1. The van der Waals surface area contributed by atoms with Crippen molar-refractivity contribution < 1.29 is 9.47 Å². The molecular weight excluding hydrogens is 298 g/mol. The van der Waals surface area contributed by atoms with Crippen LogP contribution < -0.4 is 4.74 Å². The van der Waals surface area contributed by atoms with Gasteiger partial charge in [0.15, 0.2) is 0 Å². The van der Waals surface area contributed by atoms with Crippen molar-refractivity contribution in [3.05, 3.63) is 28.7 Å². The Balaban J connectivity index is 1.56. The summed E-state index contributed by atoms with van der Waals surface area (Å²) in [4.78, 5) is 11.6. The molecule has 2 aliphatic heterocycles. The number of thiazole rings is 1. The third-order valence-electron chi connectivity index (χ3n) is 4.43. The Bertz CT molecular complexity index is 660. The van der Waals surface area contributed by atoms with Gasteiger partial charge in [0.25, 0.3) is 0 Å². The fourth-order valence-corrected chi connectivity index (χ4v) is 4.13. The second-order valence-electron chi connectivity index (χ2n) is 5.74. The topological polar surface area (TPSA) is 47.5 Å². The van der Waals surface area contributed by atoms with Gasteiger partial charge in [0, 0.05) is 24.2 Å². The van der Waals surface area contributed by atoms with Gasteiger partial charge in [-0.05, 0) is 31.5 Å². The molecule has 2 aromatic heterocycles. The summed E-state index contributed by atoms with van der Waals surface area (Å²) in [6.07, 6.45) is 4.38. The number of ether oxygens (including phenoxy) is 2. The molecule has 0 saturated carbocycles. The van der Waals surface area contributed by atoms with Gasteiger partial charge in [-0.3, -0.25) is 4.90 Å². The Morgan fingerprint density at radius 3 is 3.32 bits per heavy atom. The lowest BCUT2D eigenvalue weighted by Gasteiger charge is -2.34. The number of pyridine rings is 1. The van der Waals surface area contributed by atoms with Crippen LogP contribution in [0.15, 0.2) is 23.7 Å². The monoisotopic (exact) mass is 317 g/mol. The zero-order valence-electron chi connectivity index (χ0n) is 12.6. The SMILES string of the molecule is COc1ncccc1-c1csc([C@H]2CN3CCC[C@@H]3CO2)n1. The molecule has 0 unspecified atom stereocenters. The molecule has 0 aromatic carbocycles. The third-order valence-corrected chi connectivity index (χ3v) is 5.36. The molecule has 6 heteroatoms. The highest BCUT2D eigenvalue weighted by molar-refractivity contribution is 7.10. The van der Waals surface area contributed by atoms with E-state index in [1.165, 1.54) is 19.4 Å². The molecule has 5 nitrogen and oxygen atoms in total. The number of aromatic nitrogens is 2. The van der Waals surface area contributed by atoms with Crippen molar-refractivity contribution in [2.45, 2.75) is 25.0 Å². The van der Waals surface area contributed by atoms with Crippen LogP contribution in [-0.2, 0) is 4.74 Å². The lowest BCUT2D eigenvalue weighted by molar-refractivity contribution is -0.0502. The second kappa shape index (κ2) is 5.95. The number of hydrogen-bond acceptors (Lipinski definition) is 6. The highest BCUT2D eigenvalue weighted by atomic mass is 32.1. The minimum Gasteiger partial charge on any atom is -0.481 e. The van der Waals surface area contributed by atoms with Crippen molar-refractivity contribution >= 4 is 11.3 Å². The number of morpholine rings is 1. The van der Waals surface area contributed by atoms with Crippen LogP contribution in [0.3, 0.4) is 0 Å². The summed E-state index contributed by atoms with van der Waals surface area (Å²) < 4.78 is 11.4. The number of hydrogen-bond donors (Lipinski definition) is 0. The predicted molar refractivity (Wildman–Crippen MR) is 85.2 cm³/mol. The molecule has 2 aromatic rings. The average Bonchev–Trinajstić information content (AvgIpc) is 3.23. The molecule has 0 bridgehead atoms. The van der Waals surface area contributed by atoms with Gasteiger partial charge in [0.2, 0.25) is 5.88 Å². The van der Waals surface area contributed by atoms with Crippen LogP contribution in [0, 0.1) is 0 Å². The lowest BCUT2D eigenvalue weighted by Crippen LogP contribution is -2.42. The lowest BCUT2D eigenvalue weighted by atomic mass is 10.2. The third kappa shape index (κ3) is 2.51. The van der Waals surface area contributed by atoms with Crippen LogP contribution in [0.25, 0.3) is 11.3 Å². The largest absolute Gasteiger partial charge is 0.481 e. The van der Waals surface area contributed by atoms with Crippen molar-refractivity contribution in [1.82, 2.24) is 14.9 Å². The highest BCUT2D eigenvalue weighted by Crippen LogP contribution is 2.34. The summed E-state index contributed by atoms with van der Waals surface area (Å²) in [6.45, 7) is 2.98. The first-order valence-electron chi connectivity index (χ1n) is 7.65. The van der Waals surface area contributed by atoms with E-state index in [4.69, 9.17) is 14.5 Å². The van der Waals surface area contributed by atoms with Crippen LogP contribution >= 0.6 is 11.3 Å². The quantitative estimate of drug-likeness (QED) is 0.871. The average molecular weight is 317 g/mol. The van der Waals surface area contributed by atoms with E-state index in [-0.39, 0.29) is 6.10 Å². The van der Waals surface area contributed by atoms with Crippen molar-refractivity contribution in [2.24, 2.45) is 0 Å². The Morgan fingerprint density at radius 1 is 1.45 bits per heavy atom. The number of fused-ring (bicyclic) bond motifs is 1. The molecule has 2 atom stereocenters. The maximum atomic E-state index is 6.04. The molecule has 0 amide bonds. The number of methoxy groups -OCH3 is 1. The Morgan fingerprint density at radius 2 is 2.41 bits per heavy atom. The van der Waals surface area contributed by atoms with Gasteiger partial charge >= 0.3 is 0 Å². The number of nitrogens with zero attached hydrogens (tertiary/aromatic N) is 3. The van der Waals surface area contributed by atoms with Crippen molar-refractivity contribution in [2.75, 3.05) is 26.8 Å². The van der Waals surface area contributed by atoms with E-state index in [0.717, 1.165) is 29.4 Å². The summed E-state index contributed by atoms with van der Waals surface area (Å²) in [7, 11) is 1.64. The normalized spacial score (nSPS) is 25.1. The Labute approximate surface area is 133 Å². The molecule has 0 N–H and O–H groups in total.